The zero-order valence-electron chi connectivity index (χ0n) is 17.7. The van der Waals surface area contributed by atoms with E-state index in [1.165, 1.54) is 0 Å². The number of sulfone groups is 1. The molecule has 0 aliphatic heterocycles. The van der Waals surface area contributed by atoms with Crippen LogP contribution >= 0.6 is 0 Å². The van der Waals surface area contributed by atoms with Gasteiger partial charge in [0.2, 0.25) is 5.91 Å². The molecule has 32 heavy (non-hydrogen) atoms. The molecule has 0 radical (unpaired) electrons. The van der Waals surface area contributed by atoms with Crippen molar-refractivity contribution >= 4 is 27.4 Å². The molecule has 1 aliphatic carbocycles. The van der Waals surface area contributed by atoms with Gasteiger partial charge in [-0.3, -0.25) is 10.2 Å². The van der Waals surface area contributed by atoms with Gasteiger partial charge in [-0.15, -0.1) is 0 Å². The smallest absolute Gasteiger partial charge is 0.239 e. The predicted molar refractivity (Wildman–Crippen MR) is 123 cm³/mol. The van der Waals surface area contributed by atoms with Crippen LogP contribution in [-0.4, -0.2) is 38.6 Å². The van der Waals surface area contributed by atoms with Crippen LogP contribution in [0, 0.1) is 11.3 Å². The minimum atomic E-state index is -3.25. The Morgan fingerprint density at radius 1 is 1.06 bits per heavy atom. The molecular formula is C22H29N5O4S. The number of carbonyl (C=O) groups excluding carboxylic acids is 1. The standard InChI is InChI=1S/C22H29N5O4S/c23-21(28)20(2-1-13-26-22(24)25)27-16-5-7-17(8-6-16)31-18-9-11-19(12-10-18)32(29,30)14-15-3-4-15/h5-12,15,20,27H,1-4,13-14H2,(H2,23,28)(H4,24,25,26)/t20-/m0/s1. The molecule has 1 saturated carbocycles. The van der Waals surface area contributed by atoms with Crippen LogP contribution in [0.15, 0.2) is 53.4 Å². The summed E-state index contributed by atoms with van der Waals surface area (Å²) in [7, 11) is -3.25. The maximum absolute atomic E-state index is 12.3. The lowest BCUT2D eigenvalue weighted by Crippen LogP contribution is -2.37. The van der Waals surface area contributed by atoms with E-state index in [0.717, 1.165) is 12.8 Å². The third kappa shape index (κ3) is 7.16. The predicted octanol–water partition coefficient (Wildman–Crippen LogP) is 2.19. The zero-order chi connectivity index (χ0) is 23.1. The van der Waals surface area contributed by atoms with E-state index in [1.807, 2.05) is 0 Å². The summed E-state index contributed by atoms with van der Waals surface area (Å²) in [6, 6.07) is 12.9. The Morgan fingerprint density at radius 3 is 2.19 bits per heavy atom. The number of carbonyl (C=O) groups is 1. The average molecular weight is 460 g/mol. The molecule has 9 nitrogen and oxygen atoms in total. The minimum absolute atomic E-state index is 0.112. The molecule has 172 valence electrons. The number of nitrogens with one attached hydrogen (secondary N) is 3. The third-order valence-corrected chi connectivity index (χ3v) is 6.99. The van der Waals surface area contributed by atoms with E-state index in [0.29, 0.717) is 47.4 Å². The van der Waals surface area contributed by atoms with Crippen LogP contribution in [0.5, 0.6) is 11.5 Å². The van der Waals surface area contributed by atoms with Gasteiger partial charge in [-0.2, -0.15) is 0 Å². The van der Waals surface area contributed by atoms with Crippen LogP contribution in [0.3, 0.4) is 0 Å². The highest BCUT2D eigenvalue weighted by molar-refractivity contribution is 7.91. The number of ether oxygens (including phenoxy) is 1. The van der Waals surface area contributed by atoms with Gasteiger partial charge >= 0.3 is 0 Å². The Hall–Kier alpha value is -3.27. The molecule has 1 aliphatic rings. The number of nitrogens with two attached hydrogens (primary N) is 2. The summed E-state index contributed by atoms with van der Waals surface area (Å²) in [6.07, 6.45) is 3.09. The van der Waals surface area contributed by atoms with E-state index in [4.69, 9.17) is 21.6 Å². The van der Waals surface area contributed by atoms with Crippen molar-refractivity contribution in [1.82, 2.24) is 5.32 Å². The first kappa shape index (κ1) is 23.4. The van der Waals surface area contributed by atoms with Gasteiger partial charge in [0.05, 0.1) is 10.6 Å². The maximum atomic E-state index is 12.3. The number of hydrogen-bond donors (Lipinski definition) is 5. The summed E-state index contributed by atoms with van der Waals surface area (Å²) in [4.78, 5) is 12.0. The van der Waals surface area contributed by atoms with Crippen molar-refractivity contribution in [2.45, 2.75) is 36.6 Å². The summed E-state index contributed by atoms with van der Waals surface area (Å²) in [5.74, 6) is 1.04. The molecule has 0 aromatic heterocycles. The molecule has 7 N–H and O–H groups in total. The molecule has 0 saturated heterocycles. The monoisotopic (exact) mass is 459 g/mol. The second kappa shape index (κ2) is 10.4. The largest absolute Gasteiger partial charge is 0.457 e. The second-order valence-corrected chi connectivity index (χ2v) is 9.94. The van der Waals surface area contributed by atoms with Crippen molar-refractivity contribution in [3.8, 4) is 11.5 Å². The highest BCUT2D eigenvalue weighted by Gasteiger charge is 2.29. The van der Waals surface area contributed by atoms with Crippen molar-refractivity contribution < 1.29 is 17.9 Å². The highest BCUT2D eigenvalue weighted by Crippen LogP contribution is 2.33. The topological polar surface area (TPSA) is 160 Å². The van der Waals surface area contributed by atoms with Gasteiger partial charge in [-0.25, -0.2) is 8.42 Å². The van der Waals surface area contributed by atoms with Gasteiger partial charge in [-0.05, 0) is 80.1 Å². The van der Waals surface area contributed by atoms with Crippen molar-refractivity contribution in [3.05, 3.63) is 48.5 Å². The number of rotatable bonds is 12. The van der Waals surface area contributed by atoms with Crippen molar-refractivity contribution in [3.63, 3.8) is 0 Å². The van der Waals surface area contributed by atoms with Crippen LogP contribution in [0.4, 0.5) is 5.69 Å². The number of guanidine groups is 1. The minimum Gasteiger partial charge on any atom is -0.457 e. The highest BCUT2D eigenvalue weighted by atomic mass is 32.2. The Labute approximate surface area is 187 Å². The molecule has 2 aromatic rings. The summed E-state index contributed by atoms with van der Waals surface area (Å²) in [5, 5.41) is 12.9. The molecule has 1 fully saturated rings. The molecule has 3 rings (SSSR count). The first-order valence-corrected chi connectivity index (χ1v) is 12.1. The van der Waals surface area contributed by atoms with Gasteiger partial charge in [0.25, 0.3) is 0 Å². The number of amides is 1. The third-order valence-electron chi connectivity index (χ3n) is 5.09. The normalized spacial score (nSPS) is 14.4. The zero-order valence-corrected chi connectivity index (χ0v) is 18.5. The lowest BCUT2D eigenvalue weighted by atomic mass is 10.1. The molecule has 2 aromatic carbocycles. The Balaban J connectivity index is 1.54. The van der Waals surface area contributed by atoms with Gasteiger partial charge in [-0.1, -0.05) is 0 Å². The number of hydrogen-bond acceptors (Lipinski definition) is 6. The molecule has 0 heterocycles. The first-order chi connectivity index (χ1) is 15.2. The summed E-state index contributed by atoms with van der Waals surface area (Å²) < 4.78 is 30.5. The summed E-state index contributed by atoms with van der Waals surface area (Å²) >= 11 is 0. The maximum Gasteiger partial charge on any atom is 0.239 e. The van der Waals surface area contributed by atoms with Crippen LogP contribution < -0.4 is 26.8 Å². The fraction of sp³-hybridized carbons (Fsp3) is 0.364. The van der Waals surface area contributed by atoms with E-state index in [-0.39, 0.29) is 11.7 Å². The van der Waals surface area contributed by atoms with E-state index in [9.17, 15) is 13.2 Å². The lowest BCUT2D eigenvalue weighted by molar-refractivity contribution is -0.118. The number of primary amides is 1. The average Bonchev–Trinajstić information content (AvgIpc) is 3.55. The van der Waals surface area contributed by atoms with E-state index in [1.54, 1.807) is 48.5 Å². The van der Waals surface area contributed by atoms with Crippen molar-refractivity contribution in [2.75, 3.05) is 17.6 Å². The second-order valence-electron chi connectivity index (χ2n) is 7.90. The van der Waals surface area contributed by atoms with Gasteiger partial charge < -0.3 is 26.8 Å². The summed E-state index contributed by atoms with van der Waals surface area (Å²) in [6.45, 7) is 0.480. The van der Waals surface area contributed by atoms with E-state index in [2.05, 4.69) is 10.6 Å². The van der Waals surface area contributed by atoms with Crippen molar-refractivity contribution in [1.29, 1.82) is 5.41 Å². The van der Waals surface area contributed by atoms with E-state index >= 15 is 0 Å². The van der Waals surface area contributed by atoms with Crippen LogP contribution in [0.2, 0.25) is 0 Å². The number of anilines is 1. The van der Waals surface area contributed by atoms with Gasteiger partial charge in [0.15, 0.2) is 15.8 Å². The fourth-order valence-electron chi connectivity index (χ4n) is 3.18. The molecule has 1 atom stereocenters. The van der Waals surface area contributed by atoms with Crippen LogP contribution in [-0.2, 0) is 14.6 Å². The van der Waals surface area contributed by atoms with Crippen molar-refractivity contribution in [2.24, 2.45) is 17.4 Å². The Bertz CT molecular complexity index is 1030. The summed E-state index contributed by atoms with van der Waals surface area (Å²) in [5.41, 5.74) is 11.4. The first-order valence-electron chi connectivity index (χ1n) is 10.5. The fourth-order valence-corrected chi connectivity index (χ4v) is 4.87. The number of benzene rings is 2. The molecule has 0 bridgehead atoms. The molecule has 0 unspecified atom stereocenters. The quantitative estimate of drug-likeness (QED) is 0.185. The SMILES string of the molecule is N=C(N)NCCC[C@H](Nc1ccc(Oc2ccc(S(=O)(=O)CC3CC3)cc2)cc1)C(N)=O. The molecule has 0 spiro atoms. The van der Waals surface area contributed by atoms with E-state index < -0.39 is 21.8 Å². The Morgan fingerprint density at radius 2 is 1.66 bits per heavy atom. The van der Waals surface area contributed by atoms with Gasteiger partial charge in [0.1, 0.15) is 17.5 Å². The van der Waals surface area contributed by atoms with Crippen LogP contribution in [0.25, 0.3) is 0 Å². The van der Waals surface area contributed by atoms with Crippen LogP contribution in [0.1, 0.15) is 25.7 Å². The Kier molecular flexibility index (Phi) is 7.57. The lowest BCUT2D eigenvalue weighted by Gasteiger charge is -2.17. The van der Waals surface area contributed by atoms with Gasteiger partial charge in [0, 0.05) is 12.2 Å². The molecule has 10 heteroatoms. The molecular weight excluding hydrogens is 430 g/mol. The molecule has 1 amide bonds.